The Morgan fingerprint density at radius 2 is 2.30 bits per heavy atom. The van der Waals surface area contributed by atoms with Crippen molar-refractivity contribution in [2.75, 3.05) is 13.7 Å². The molecule has 1 aliphatic heterocycles. The van der Waals surface area contributed by atoms with Gasteiger partial charge in [0.2, 0.25) is 0 Å². The molecule has 3 rings (SSSR count). The minimum Gasteiger partial charge on any atom is -0.469 e. The van der Waals surface area contributed by atoms with Crippen molar-refractivity contribution in [1.29, 1.82) is 0 Å². The lowest BCUT2D eigenvalue weighted by Crippen LogP contribution is -2.28. The monoisotopic (exact) mass is 273 g/mol. The minimum absolute atomic E-state index is 0.356. The van der Waals surface area contributed by atoms with Crippen molar-refractivity contribution in [3.8, 4) is 11.4 Å². The number of aryl methyl sites for hydroxylation is 1. The number of ether oxygens (including phenoxy) is 1. The molecule has 1 aliphatic rings. The first-order chi connectivity index (χ1) is 9.70. The van der Waals surface area contributed by atoms with Crippen molar-refractivity contribution in [1.82, 2.24) is 15.3 Å². The van der Waals surface area contributed by atoms with Crippen molar-refractivity contribution in [3.05, 3.63) is 35.0 Å². The molecule has 0 fully saturated rings. The zero-order valence-electron chi connectivity index (χ0n) is 11.4. The lowest BCUT2D eigenvalue weighted by molar-refractivity contribution is 0.0592. The van der Waals surface area contributed by atoms with Gasteiger partial charge in [-0.15, -0.1) is 0 Å². The molecular formula is C14H15N3O3. The fourth-order valence-electron chi connectivity index (χ4n) is 2.36. The minimum atomic E-state index is -0.423. The summed E-state index contributed by atoms with van der Waals surface area (Å²) in [6, 6.07) is 1.80. The van der Waals surface area contributed by atoms with Crippen molar-refractivity contribution < 1.29 is 13.9 Å². The second kappa shape index (κ2) is 5.05. The molecule has 6 nitrogen and oxygen atoms in total. The van der Waals surface area contributed by atoms with Crippen LogP contribution in [0.15, 0.2) is 16.7 Å². The summed E-state index contributed by atoms with van der Waals surface area (Å²) in [6.45, 7) is 3.28. The molecule has 104 valence electrons. The Morgan fingerprint density at radius 1 is 1.45 bits per heavy atom. The highest BCUT2D eigenvalue weighted by molar-refractivity contribution is 5.89. The number of hydrogen-bond acceptors (Lipinski definition) is 6. The molecule has 0 saturated carbocycles. The highest BCUT2D eigenvalue weighted by atomic mass is 16.5. The molecule has 0 saturated heterocycles. The number of rotatable bonds is 2. The van der Waals surface area contributed by atoms with E-state index >= 15 is 0 Å². The Bertz CT molecular complexity index is 664. The second-order valence-electron chi connectivity index (χ2n) is 4.63. The van der Waals surface area contributed by atoms with E-state index in [1.54, 1.807) is 12.3 Å². The summed E-state index contributed by atoms with van der Waals surface area (Å²) in [5.74, 6) is 0.802. The number of fused-ring (bicyclic) bond motifs is 1. The molecule has 0 bridgehead atoms. The van der Waals surface area contributed by atoms with Gasteiger partial charge in [-0.3, -0.25) is 0 Å². The summed E-state index contributed by atoms with van der Waals surface area (Å²) in [4.78, 5) is 20.9. The van der Waals surface area contributed by atoms with E-state index in [1.807, 2.05) is 6.92 Å². The quantitative estimate of drug-likeness (QED) is 0.835. The van der Waals surface area contributed by atoms with Crippen LogP contribution in [0.4, 0.5) is 0 Å². The Balaban J connectivity index is 2.18. The van der Waals surface area contributed by atoms with Gasteiger partial charge < -0.3 is 14.5 Å². The molecule has 1 N–H and O–H groups in total. The summed E-state index contributed by atoms with van der Waals surface area (Å²) in [5.41, 5.74) is 2.88. The maximum atomic E-state index is 11.9. The first kappa shape index (κ1) is 12.8. The molecule has 6 heteroatoms. The molecule has 2 aromatic rings. The highest BCUT2D eigenvalue weighted by Gasteiger charge is 2.23. The first-order valence-corrected chi connectivity index (χ1v) is 6.44. The van der Waals surface area contributed by atoms with Crippen molar-refractivity contribution in [2.24, 2.45) is 0 Å². The van der Waals surface area contributed by atoms with Gasteiger partial charge >= 0.3 is 5.97 Å². The molecule has 20 heavy (non-hydrogen) atoms. The third-order valence-corrected chi connectivity index (χ3v) is 3.42. The van der Waals surface area contributed by atoms with Crippen LogP contribution < -0.4 is 5.32 Å². The van der Waals surface area contributed by atoms with Crippen LogP contribution in [-0.4, -0.2) is 29.6 Å². The zero-order chi connectivity index (χ0) is 14.1. The van der Waals surface area contributed by atoms with Crippen LogP contribution >= 0.6 is 0 Å². The summed E-state index contributed by atoms with van der Waals surface area (Å²) in [5, 5.41) is 3.25. The van der Waals surface area contributed by atoms with Gasteiger partial charge in [0, 0.05) is 12.1 Å². The van der Waals surface area contributed by atoms with Gasteiger partial charge in [-0.05, 0) is 26.0 Å². The van der Waals surface area contributed by atoms with Gasteiger partial charge in [0.15, 0.2) is 11.5 Å². The van der Waals surface area contributed by atoms with Crippen LogP contribution in [0, 0.1) is 6.92 Å². The van der Waals surface area contributed by atoms with Gasteiger partial charge in [-0.25, -0.2) is 14.8 Å². The van der Waals surface area contributed by atoms with E-state index < -0.39 is 5.97 Å². The Morgan fingerprint density at radius 3 is 3.00 bits per heavy atom. The number of aromatic nitrogens is 2. The lowest BCUT2D eigenvalue weighted by Gasteiger charge is -2.18. The SMILES string of the molecule is COC(=O)c1nc(-c2ccoc2C)nc2c1CCNC2. The van der Waals surface area contributed by atoms with E-state index in [2.05, 4.69) is 15.3 Å². The van der Waals surface area contributed by atoms with Crippen molar-refractivity contribution in [3.63, 3.8) is 0 Å². The molecule has 3 heterocycles. The number of esters is 1. The van der Waals surface area contributed by atoms with E-state index in [0.29, 0.717) is 18.1 Å². The molecule has 0 radical (unpaired) electrons. The van der Waals surface area contributed by atoms with Crippen molar-refractivity contribution in [2.45, 2.75) is 19.9 Å². The summed E-state index contributed by atoms with van der Waals surface area (Å²) < 4.78 is 10.1. The van der Waals surface area contributed by atoms with E-state index in [0.717, 1.165) is 35.5 Å². The highest BCUT2D eigenvalue weighted by Crippen LogP contribution is 2.25. The predicted molar refractivity (Wildman–Crippen MR) is 71.2 cm³/mol. The molecule has 0 aromatic carbocycles. The van der Waals surface area contributed by atoms with E-state index in [4.69, 9.17) is 9.15 Å². The van der Waals surface area contributed by atoms with E-state index in [1.165, 1.54) is 7.11 Å². The van der Waals surface area contributed by atoms with E-state index in [9.17, 15) is 4.79 Å². The third kappa shape index (κ3) is 2.08. The van der Waals surface area contributed by atoms with Crippen LogP contribution in [0.2, 0.25) is 0 Å². The average Bonchev–Trinajstić information content (AvgIpc) is 2.91. The topological polar surface area (TPSA) is 77.2 Å². The molecule has 0 atom stereocenters. The average molecular weight is 273 g/mol. The molecule has 2 aromatic heterocycles. The number of nitrogens with zero attached hydrogens (tertiary/aromatic N) is 2. The van der Waals surface area contributed by atoms with Gasteiger partial charge in [-0.1, -0.05) is 0 Å². The molecular weight excluding hydrogens is 258 g/mol. The lowest BCUT2D eigenvalue weighted by atomic mass is 10.0. The number of nitrogens with one attached hydrogen (secondary N) is 1. The molecule has 0 unspecified atom stereocenters. The summed E-state index contributed by atoms with van der Waals surface area (Å²) in [7, 11) is 1.36. The van der Waals surface area contributed by atoms with E-state index in [-0.39, 0.29) is 0 Å². The largest absolute Gasteiger partial charge is 0.469 e. The fraction of sp³-hybridized carbons (Fsp3) is 0.357. The van der Waals surface area contributed by atoms with Crippen molar-refractivity contribution >= 4 is 5.97 Å². The molecule has 0 aliphatic carbocycles. The number of furan rings is 1. The molecule has 0 amide bonds. The summed E-state index contributed by atoms with van der Waals surface area (Å²) >= 11 is 0. The Hall–Kier alpha value is -2.21. The number of carbonyl (C=O) groups excluding carboxylic acids is 1. The normalized spacial score (nSPS) is 13.9. The Labute approximate surface area is 116 Å². The molecule has 0 spiro atoms. The van der Waals surface area contributed by atoms with Gasteiger partial charge in [-0.2, -0.15) is 0 Å². The van der Waals surface area contributed by atoms with Crippen LogP contribution in [0.25, 0.3) is 11.4 Å². The number of methoxy groups -OCH3 is 1. The van der Waals surface area contributed by atoms with Crippen LogP contribution in [0.1, 0.15) is 27.5 Å². The maximum Gasteiger partial charge on any atom is 0.357 e. The van der Waals surface area contributed by atoms with Crippen LogP contribution in [-0.2, 0) is 17.7 Å². The number of hydrogen-bond donors (Lipinski definition) is 1. The van der Waals surface area contributed by atoms with Gasteiger partial charge in [0.25, 0.3) is 0 Å². The second-order valence-corrected chi connectivity index (χ2v) is 4.63. The van der Waals surface area contributed by atoms with Gasteiger partial charge in [0.1, 0.15) is 5.76 Å². The zero-order valence-corrected chi connectivity index (χ0v) is 11.4. The number of carbonyl (C=O) groups is 1. The Kier molecular flexibility index (Phi) is 3.23. The smallest absolute Gasteiger partial charge is 0.357 e. The van der Waals surface area contributed by atoms with Crippen LogP contribution in [0.3, 0.4) is 0 Å². The predicted octanol–water partition coefficient (Wildman–Crippen LogP) is 1.48. The third-order valence-electron chi connectivity index (χ3n) is 3.42. The summed E-state index contributed by atoms with van der Waals surface area (Å²) in [6.07, 6.45) is 2.31. The first-order valence-electron chi connectivity index (χ1n) is 6.44. The van der Waals surface area contributed by atoms with Gasteiger partial charge in [0.05, 0.1) is 24.6 Å². The standard InChI is InChI=1S/C14H15N3O3/c1-8-9(4-6-20-8)13-16-11-7-15-5-3-10(11)12(17-13)14(18)19-2/h4,6,15H,3,5,7H2,1-2H3. The fourth-order valence-corrected chi connectivity index (χ4v) is 2.36. The maximum absolute atomic E-state index is 11.9. The van der Waals surface area contributed by atoms with Crippen LogP contribution in [0.5, 0.6) is 0 Å².